The van der Waals surface area contributed by atoms with Crippen LogP contribution in [0.2, 0.25) is 5.02 Å². The average molecular weight is 461 g/mol. The molecular weight excluding hydrogens is 446 g/mol. The number of nitrogens with one attached hydrogen (secondary N) is 2. The van der Waals surface area contributed by atoms with E-state index in [-0.39, 0.29) is 12.5 Å². The molecule has 28 heavy (non-hydrogen) atoms. The number of furan rings is 1. The summed E-state index contributed by atoms with van der Waals surface area (Å²) in [5.74, 6) is 0.319. The van der Waals surface area contributed by atoms with Gasteiger partial charge in [-0.1, -0.05) is 23.7 Å². The molecule has 2 N–H and O–H groups in total. The van der Waals surface area contributed by atoms with Crippen molar-refractivity contribution in [3.05, 3.63) is 81.5 Å². The van der Waals surface area contributed by atoms with E-state index in [9.17, 15) is 9.59 Å². The van der Waals surface area contributed by atoms with Gasteiger partial charge in [0.25, 0.3) is 11.8 Å². The lowest BCUT2D eigenvalue weighted by Gasteiger charge is -2.05. The van der Waals surface area contributed by atoms with Gasteiger partial charge in [0.05, 0.1) is 18.3 Å². The van der Waals surface area contributed by atoms with Crippen molar-refractivity contribution in [1.82, 2.24) is 10.7 Å². The fourth-order valence-corrected chi connectivity index (χ4v) is 2.89. The summed E-state index contributed by atoms with van der Waals surface area (Å²) in [4.78, 5) is 23.9. The Morgan fingerprint density at radius 3 is 2.57 bits per heavy atom. The maximum atomic E-state index is 12.0. The molecule has 0 radical (unpaired) electrons. The number of halogens is 2. The fraction of sp³-hybridized carbons (Fsp3) is 0.0500. The third-order valence-electron chi connectivity index (χ3n) is 3.66. The second-order valence-corrected chi connectivity index (χ2v) is 6.96. The summed E-state index contributed by atoms with van der Waals surface area (Å²) in [5, 5.41) is 7.01. The first-order valence-corrected chi connectivity index (χ1v) is 9.40. The Kier molecular flexibility index (Phi) is 6.62. The zero-order valence-corrected chi connectivity index (χ0v) is 16.8. The van der Waals surface area contributed by atoms with Crippen molar-refractivity contribution in [2.24, 2.45) is 5.10 Å². The molecule has 0 spiro atoms. The molecule has 0 aliphatic carbocycles. The van der Waals surface area contributed by atoms with Crippen LogP contribution in [0.4, 0.5) is 0 Å². The van der Waals surface area contributed by atoms with Gasteiger partial charge in [0, 0.05) is 15.1 Å². The summed E-state index contributed by atoms with van der Waals surface area (Å²) in [6.07, 6.45) is 1.38. The van der Waals surface area contributed by atoms with Gasteiger partial charge in [0.2, 0.25) is 0 Å². The van der Waals surface area contributed by atoms with E-state index in [4.69, 9.17) is 16.0 Å². The van der Waals surface area contributed by atoms with Crippen LogP contribution in [-0.4, -0.2) is 24.6 Å². The number of rotatable bonds is 6. The highest BCUT2D eigenvalue weighted by atomic mass is 79.9. The largest absolute Gasteiger partial charge is 0.455 e. The molecule has 3 rings (SSSR count). The van der Waals surface area contributed by atoms with Crippen molar-refractivity contribution in [2.45, 2.75) is 0 Å². The molecule has 1 aromatic heterocycles. The molecule has 8 heteroatoms. The van der Waals surface area contributed by atoms with Gasteiger partial charge in [-0.2, -0.15) is 5.10 Å². The van der Waals surface area contributed by atoms with E-state index in [0.29, 0.717) is 26.6 Å². The Morgan fingerprint density at radius 2 is 1.82 bits per heavy atom. The summed E-state index contributed by atoms with van der Waals surface area (Å²) in [6, 6.07) is 17.7. The van der Waals surface area contributed by atoms with Crippen LogP contribution in [0.1, 0.15) is 16.1 Å². The zero-order valence-electron chi connectivity index (χ0n) is 14.5. The number of hydrogen-bond acceptors (Lipinski definition) is 4. The number of benzene rings is 2. The lowest BCUT2D eigenvalue weighted by Crippen LogP contribution is -2.35. The predicted molar refractivity (Wildman–Crippen MR) is 111 cm³/mol. The lowest BCUT2D eigenvalue weighted by atomic mass is 10.2. The fourth-order valence-electron chi connectivity index (χ4n) is 2.30. The molecule has 0 aliphatic rings. The molecule has 0 fully saturated rings. The third kappa shape index (κ3) is 5.31. The molecule has 1 heterocycles. The van der Waals surface area contributed by atoms with Gasteiger partial charge in [-0.15, -0.1) is 0 Å². The molecule has 0 saturated heterocycles. The minimum absolute atomic E-state index is 0.203. The SMILES string of the molecule is O=C(CNC(=O)c1ccccc1Br)N/N=C/c1ccc(-c2ccc(Cl)cc2)o1. The number of amides is 2. The molecule has 0 atom stereocenters. The lowest BCUT2D eigenvalue weighted by molar-refractivity contribution is -0.120. The van der Waals surface area contributed by atoms with E-state index in [2.05, 4.69) is 31.8 Å². The molecule has 142 valence electrons. The van der Waals surface area contributed by atoms with E-state index in [0.717, 1.165) is 5.56 Å². The maximum Gasteiger partial charge on any atom is 0.259 e. The molecule has 0 unspecified atom stereocenters. The highest BCUT2D eigenvalue weighted by Crippen LogP contribution is 2.23. The van der Waals surface area contributed by atoms with Crippen LogP contribution in [-0.2, 0) is 4.79 Å². The quantitative estimate of drug-likeness (QED) is 0.426. The normalized spacial score (nSPS) is 10.8. The van der Waals surface area contributed by atoms with Gasteiger partial charge in [0.1, 0.15) is 11.5 Å². The Hall–Kier alpha value is -2.90. The average Bonchev–Trinajstić information content (AvgIpc) is 3.16. The summed E-state index contributed by atoms with van der Waals surface area (Å²) in [5.41, 5.74) is 3.66. The minimum Gasteiger partial charge on any atom is -0.455 e. The molecule has 0 aliphatic heterocycles. The Bertz CT molecular complexity index is 1020. The summed E-state index contributed by atoms with van der Waals surface area (Å²) in [6.45, 7) is -0.203. The van der Waals surface area contributed by atoms with Crippen LogP contribution < -0.4 is 10.7 Å². The molecule has 0 saturated carbocycles. The topological polar surface area (TPSA) is 83.7 Å². The molecule has 2 amide bonds. The summed E-state index contributed by atoms with van der Waals surface area (Å²) < 4.78 is 6.29. The zero-order chi connectivity index (χ0) is 19.9. The number of carbonyl (C=O) groups excluding carboxylic acids is 2. The van der Waals surface area contributed by atoms with Crippen molar-refractivity contribution in [3.63, 3.8) is 0 Å². The van der Waals surface area contributed by atoms with Gasteiger partial charge in [0.15, 0.2) is 0 Å². The Morgan fingerprint density at radius 1 is 1.07 bits per heavy atom. The van der Waals surface area contributed by atoms with Crippen LogP contribution in [0.5, 0.6) is 0 Å². The van der Waals surface area contributed by atoms with E-state index < -0.39 is 5.91 Å². The molecular formula is C20H15BrClN3O3. The first-order valence-electron chi connectivity index (χ1n) is 8.23. The first kappa shape index (κ1) is 19.9. The predicted octanol–water partition coefficient (Wildman–Crippen LogP) is 4.24. The number of hydrazone groups is 1. The molecule has 6 nitrogen and oxygen atoms in total. The Balaban J connectivity index is 1.49. The second-order valence-electron chi connectivity index (χ2n) is 5.66. The van der Waals surface area contributed by atoms with Crippen LogP contribution in [0.3, 0.4) is 0 Å². The van der Waals surface area contributed by atoms with Crippen molar-refractivity contribution in [1.29, 1.82) is 0 Å². The number of nitrogens with zero attached hydrogens (tertiary/aromatic N) is 1. The van der Waals surface area contributed by atoms with Crippen molar-refractivity contribution in [2.75, 3.05) is 6.54 Å². The third-order valence-corrected chi connectivity index (χ3v) is 4.61. The highest BCUT2D eigenvalue weighted by molar-refractivity contribution is 9.10. The van der Waals surface area contributed by atoms with Crippen LogP contribution in [0, 0.1) is 0 Å². The number of carbonyl (C=O) groups is 2. The van der Waals surface area contributed by atoms with Gasteiger partial charge in [-0.25, -0.2) is 5.43 Å². The standard InChI is InChI=1S/C20H15BrClN3O3/c21-17-4-2-1-3-16(17)20(27)23-12-19(26)25-24-11-15-9-10-18(28-15)13-5-7-14(22)8-6-13/h1-11H,12H2,(H,23,27)(H,25,26)/b24-11+. The highest BCUT2D eigenvalue weighted by Gasteiger charge is 2.10. The molecule has 3 aromatic rings. The van der Waals surface area contributed by atoms with Crippen LogP contribution in [0.15, 0.2) is 74.7 Å². The van der Waals surface area contributed by atoms with Crippen LogP contribution >= 0.6 is 27.5 Å². The van der Waals surface area contributed by atoms with Gasteiger partial charge in [-0.05, 0) is 64.5 Å². The molecule has 2 aromatic carbocycles. The smallest absolute Gasteiger partial charge is 0.259 e. The van der Waals surface area contributed by atoms with Crippen molar-refractivity contribution < 1.29 is 14.0 Å². The van der Waals surface area contributed by atoms with E-state index in [1.807, 2.05) is 12.1 Å². The van der Waals surface area contributed by atoms with E-state index in [1.165, 1.54) is 6.21 Å². The van der Waals surface area contributed by atoms with Crippen molar-refractivity contribution in [3.8, 4) is 11.3 Å². The van der Waals surface area contributed by atoms with Crippen LogP contribution in [0.25, 0.3) is 11.3 Å². The maximum absolute atomic E-state index is 12.0. The first-order chi connectivity index (χ1) is 13.5. The Labute approximate surface area is 174 Å². The second kappa shape index (κ2) is 9.34. The van der Waals surface area contributed by atoms with Gasteiger partial charge >= 0.3 is 0 Å². The summed E-state index contributed by atoms with van der Waals surface area (Å²) in [7, 11) is 0. The van der Waals surface area contributed by atoms with Crippen molar-refractivity contribution >= 4 is 45.6 Å². The monoisotopic (exact) mass is 459 g/mol. The van der Waals surface area contributed by atoms with Gasteiger partial charge in [-0.3, -0.25) is 9.59 Å². The van der Waals surface area contributed by atoms with E-state index in [1.54, 1.807) is 48.5 Å². The number of hydrogen-bond donors (Lipinski definition) is 2. The van der Waals surface area contributed by atoms with Gasteiger partial charge < -0.3 is 9.73 Å². The summed E-state index contributed by atoms with van der Waals surface area (Å²) >= 11 is 9.16. The van der Waals surface area contributed by atoms with E-state index >= 15 is 0 Å². The molecule has 0 bridgehead atoms. The minimum atomic E-state index is -0.457.